The lowest BCUT2D eigenvalue weighted by Gasteiger charge is -2.14. The first-order valence-electron chi connectivity index (χ1n) is 5.79. The van der Waals surface area contributed by atoms with Gasteiger partial charge in [0.05, 0.1) is 6.10 Å². The summed E-state index contributed by atoms with van der Waals surface area (Å²) in [5, 5.41) is 9.65. The molecule has 0 aliphatic carbocycles. The number of benzene rings is 2. The van der Waals surface area contributed by atoms with E-state index in [1.54, 1.807) is 19.9 Å². The van der Waals surface area contributed by atoms with E-state index < -0.39 is 6.10 Å². The van der Waals surface area contributed by atoms with Gasteiger partial charge in [-0.15, -0.1) is 0 Å². The van der Waals surface area contributed by atoms with Gasteiger partial charge >= 0.3 is 0 Å². The van der Waals surface area contributed by atoms with Gasteiger partial charge in [-0.2, -0.15) is 0 Å². The van der Waals surface area contributed by atoms with Crippen LogP contribution in [0.2, 0.25) is 0 Å². The van der Waals surface area contributed by atoms with E-state index in [4.69, 9.17) is 4.74 Å². The Bertz CT molecular complexity index is 536. The fourth-order valence-electron chi connectivity index (χ4n) is 1.70. The van der Waals surface area contributed by atoms with Crippen molar-refractivity contribution in [1.82, 2.24) is 0 Å². The third-order valence-electron chi connectivity index (χ3n) is 2.71. The normalized spacial score (nSPS) is 12.2. The van der Waals surface area contributed by atoms with Gasteiger partial charge in [-0.25, -0.2) is 4.39 Å². The predicted octanol–water partition coefficient (Wildman–Crippen LogP) is 3.98. The molecule has 3 heteroatoms. The van der Waals surface area contributed by atoms with Gasteiger partial charge in [-0.3, -0.25) is 0 Å². The highest BCUT2D eigenvalue weighted by molar-refractivity contribution is 5.42. The van der Waals surface area contributed by atoms with Crippen molar-refractivity contribution in [2.75, 3.05) is 0 Å². The molecule has 18 heavy (non-hydrogen) atoms. The van der Waals surface area contributed by atoms with Crippen molar-refractivity contribution in [3.8, 4) is 11.5 Å². The smallest absolute Gasteiger partial charge is 0.133 e. The Morgan fingerprint density at radius 2 is 1.83 bits per heavy atom. The molecule has 1 N–H and O–H groups in total. The van der Waals surface area contributed by atoms with E-state index in [-0.39, 0.29) is 5.82 Å². The molecule has 1 unspecified atom stereocenters. The number of aryl methyl sites for hydroxylation is 1. The Hall–Kier alpha value is -1.87. The number of ether oxygens (including phenoxy) is 1. The third-order valence-corrected chi connectivity index (χ3v) is 2.71. The minimum atomic E-state index is -0.779. The summed E-state index contributed by atoms with van der Waals surface area (Å²) in [4.78, 5) is 0. The lowest BCUT2D eigenvalue weighted by molar-refractivity contribution is 0.195. The first-order chi connectivity index (χ1) is 8.58. The Morgan fingerprint density at radius 1 is 1.17 bits per heavy atom. The van der Waals surface area contributed by atoms with E-state index in [9.17, 15) is 9.50 Å². The van der Waals surface area contributed by atoms with Crippen LogP contribution in [-0.2, 0) is 0 Å². The summed E-state index contributed by atoms with van der Waals surface area (Å²) in [6.07, 6.45) is -0.779. The average molecular weight is 246 g/mol. The Morgan fingerprint density at radius 3 is 2.44 bits per heavy atom. The van der Waals surface area contributed by atoms with Crippen LogP contribution in [0, 0.1) is 12.7 Å². The molecule has 94 valence electrons. The summed E-state index contributed by atoms with van der Waals surface area (Å²) in [5.41, 5.74) is 0.937. The number of rotatable bonds is 3. The lowest BCUT2D eigenvalue weighted by atomic mass is 10.1. The second-order valence-electron chi connectivity index (χ2n) is 4.23. The van der Waals surface area contributed by atoms with Crippen LogP contribution in [0.15, 0.2) is 42.5 Å². The topological polar surface area (TPSA) is 29.5 Å². The molecule has 0 aliphatic rings. The molecular weight excluding hydrogens is 231 g/mol. The molecule has 0 spiro atoms. The first-order valence-corrected chi connectivity index (χ1v) is 5.79. The van der Waals surface area contributed by atoms with Crippen LogP contribution in [0.5, 0.6) is 11.5 Å². The quantitative estimate of drug-likeness (QED) is 0.887. The van der Waals surface area contributed by atoms with E-state index in [1.807, 2.05) is 30.3 Å². The van der Waals surface area contributed by atoms with Crippen LogP contribution in [-0.4, -0.2) is 5.11 Å². The molecule has 0 saturated carbocycles. The van der Waals surface area contributed by atoms with Crippen LogP contribution < -0.4 is 4.74 Å². The predicted molar refractivity (Wildman–Crippen MR) is 68.3 cm³/mol. The number of aliphatic hydroxyl groups excluding tert-OH is 1. The summed E-state index contributed by atoms with van der Waals surface area (Å²) in [6, 6.07) is 12.1. The zero-order chi connectivity index (χ0) is 13.1. The molecule has 0 saturated heterocycles. The zero-order valence-electron chi connectivity index (χ0n) is 10.4. The van der Waals surface area contributed by atoms with E-state index in [1.165, 1.54) is 6.07 Å². The van der Waals surface area contributed by atoms with Gasteiger partial charge < -0.3 is 9.84 Å². The highest BCUT2D eigenvalue weighted by Gasteiger charge is 2.13. The monoisotopic (exact) mass is 246 g/mol. The maximum absolute atomic E-state index is 13.5. The summed E-state index contributed by atoms with van der Waals surface area (Å²) < 4.78 is 19.2. The van der Waals surface area contributed by atoms with E-state index in [0.717, 1.165) is 0 Å². The molecule has 0 aromatic heterocycles. The highest BCUT2D eigenvalue weighted by atomic mass is 19.1. The van der Waals surface area contributed by atoms with E-state index >= 15 is 0 Å². The molecule has 0 bridgehead atoms. The summed E-state index contributed by atoms with van der Waals surface area (Å²) in [7, 11) is 0. The SMILES string of the molecule is Cc1cc(Oc2ccccc2)c(C(C)O)cc1F. The fourth-order valence-corrected chi connectivity index (χ4v) is 1.70. The Labute approximate surface area is 106 Å². The molecule has 0 aliphatic heterocycles. The molecule has 0 fully saturated rings. The van der Waals surface area contributed by atoms with Crippen molar-refractivity contribution in [2.45, 2.75) is 20.0 Å². The minimum Gasteiger partial charge on any atom is -0.457 e. The minimum absolute atomic E-state index is 0.341. The number of halogens is 1. The molecule has 2 rings (SSSR count). The van der Waals surface area contributed by atoms with Gasteiger partial charge in [0.1, 0.15) is 17.3 Å². The van der Waals surface area contributed by atoms with E-state index in [2.05, 4.69) is 0 Å². The summed E-state index contributed by atoms with van der Waals surface area (Å²) >= 11 is 0. The second kappa shape index (κ2) is 5.19. The van der Waals surface area contributed by atoms with Crippen molar-refractivity contribution >= 4 is 0 Å². The summed E-state index contributed by atoms with van der Waals surface area (Å²) in [5.74, 6) is 0.798. The molecule has 2 aromatic rings. The number of para-hydroxylation sites is 1. The van der Waals surface area contributed by atoms with Crippen LogP contribution in [0.25, 0.3) is 0 Å². The first kappa shape index (κ1) is 12.6. The van der Waals surface area contributed by atoms with Crippen molar-refractivity contribution in [2.24, 2.45) is 0 Å². The maximum atomic E-state index is 13.5. The Kier molecular flexibility index (Phi) is 3.63. The van der Waals surface area contributed by atoms with Gasteiger partial charge in [-0.05, 0) is 43.7 Å². The second-order valence-corrected chi connectivity index (χ2v) is 4.23. The van der Waals surface area contributed by atoms with Crippen molar-refractivity contribution in [1.29, 1.82) is 0 Å². The zero-order valence-corrected chi connectivity index (χ0v) is 10.4. The van der Waals surface area contributed by atoms with Gasteiger partial charge in [0.25, 0.3) is 0 Å². The van der Waals surface area contributed by atoms with Gasteiger partial charge in [-0.1, -0.05) is 18.2 Å². The van der Waals surface area contributed by atoms with Crippen molar-refractivity contribution < 1.29 is 14.2 Å². The van der Waals surface area contributed by atoms with Crippen LogP contribution in [0.3, 0.4) is 0 Å². The van der Waals surface area contributed by atoms with Crippen LogP contribution in [0.1, 0.15) is 24.2 Å². The van der Waals surface area contributed by atoms with Crippen LogP contribution >= 0.6 is 0 Å². The largest absolute Gasteiger partial charge is 0.457 e. The average Bonchev–Trinajstić information content (AvgIpc) is 2.34. The molecule has 0 amide bonds. The fraction of sp³-hybridized carbons (Fsp3) is 0.200. The maximum Gasteiger partial charge on any atom is 0.133 e. The van der Waals surface area contributed by atoms with E-state index in [0.29, 0.717) is 22.6 Å². The molecular formula is C15H15FO2. The molecule has 2 nitrogen and oxygen atoms in total. The van der Waals surface area contributed by atoms with Crippen molar-refractivity contribution in [3.63, 3.8) is 0 Å². The standard InChI is InChI=1S/C15H15FO2/c1-10-8-15(13(11(2)17)9-14(10)16)18-12-6-4-3-5-7-12/h3-9,11,17H,1-2H3. The number of hydrogen-bond acceptors (Lipinski definition) is 2. The number of hydrogen-bond donors (Lipinski definition) is 1. The van der Waals surface area contributed by atoms with Gasteiger partial charge in [0, 0.05) is 5.56 Å². The van der Waals surface area contributed by atoms with Gasteiger partial charge in [0.15, 0.2) is 0 Å². The summed E-state index contributed by atoms with van der Waals surface area (Å²) in [6.45, 7) is 3.25. The molecule has 0 heterocycles. The van der Waals surface area contributed by atoms with Crippen molar-refractivity contribution in [3.05, 3.63) is 59.4 Å². The van der Waals surface area contributed by atoms with Gasteiger partial charge in [0.2, 0.25) is 0 Å². The third kappa shape index (κ3) is 2.68. The molecule has 0 radical (unpaired) electrons. The Balaban J connectivity index is 2.40. The number of aliphatic hydroxyl groups is 1. The van der Waals surface area contributed by atoms with Crippen LogP contribution in [0.4, 0.5) is 4.39 Å². The molecule has 1 atom stereocenters. The lowest BCUT2D eigenvalue weighted by Crippen LogP contribution is -1.99. The molecule has 2 aromatic carbocycles. The highest BCUT2D eigenvalue weighted by Crippen LogP contribution is 2.31.